The van der Waals surface area contributed by atoms with Crippen molar-refractivity contribution in [3.05, 3.63) is 64.8 Å². The first kappa shape index (κ1) is 17.2. The molecule has 1 fully saturated rings. The van der Waals surface area contributed by atoms with E-state index in [1.165, 1.54) is 50.7 Å². The standard InChI is InChI=1S/C21H22FN3S/c22-17-11-9-16(10-12-17)20-15-26-21(24-18-6-5-13-23-14-18)25(20)19-7-3-1-2-4-8-19/h5-6,9-15,19H,1-4,7-8H2. The molecule has 1 aromatic carbocycles. The molecule has 0 radical (unpaired) electrons. The number of pyridine rings is 1. The Morgan fingerprint density at radius 2 is 1.81 bits per heavy atom. The molecule has 4 rings (SSSR count). The van der Waals surface area contributed by atoms with Crippen molar-refractivity contribution in [3.63, 3.8) is 0 Å². The Morgan fingerprint density at radius 3 is 2.50 bits per heavy atom. The molecule has 3 nitrogen and oxygen atoms in total. The Kier molecular flexibility index (Phi) is 5.25. The average molecular weight is 367 g/mol. The third-order valence-electron chi connectivity index (χ3n) is 4.94. The van der Waals surface area contributed by atoms with Crippen LogP contribution in [-0.2, 0) is 0 Å². The molecule has 0 aliphatic heterocycles. The Bertz CT molecular complexity index is 904. The van der Waals surface area contributed by atoms with E-state index in [1.54, 1.807) is 23.7 Å². The molecule has 0 amide bonds. The number of thiazole rings is 1. The summed E-state index contributed by atoms with van der Waals surface area (Å²) in [5, 5.41) is 2.15. The summed E-state index contributed by atoms with van der Waals surface area (Å²) in [7, 11) is 0. The smallest absolute Gasteiger partial charge is 0.190 e. The molecular weight excluding hydrogens is 345 g/mol. The summed E-state index contributed by atoms with van der Waals surface area (Å²) >= 11 is 1.65. The van der Waals surface area contributed by atoms with E-state index in [9.17, 15) is 4.39 Å². The number of hydrogen-bond acceptors (Lipinski definition) is 3. The van der Waals surface area contributed by atoms with Crippen molar-refractivity contribution >= 4 is 17.0 Å². The lowest BCUT2D eigenvalue weighted by atomic mass is 10.1. The van der Waals surface area contributed by atoms with Gasteiger partial charge in [0.25, 0.3) is 0 Å². The molecule has 2 aromatic heterocycles. The van der Waals surface area contributed by atoms with Crippen LogP contribution in [0, 0.1) is 5.82 Å². The molecule has 0 N–H and O–H groups in total. The highest BCUT2D eigenvalue weighted by Crippen LogP contribution is 2.31. The molecule has 0 saturated heterocycles. The highest BCUT2D eigenvalue weighted by Gasteiger charge is 2.19. The summed E-state index contributed by atoms with van der Waals surface area (Å²) in [6.07, 6.45) is 11.0. The summed E-state index contributed by atoms with van der Waals surface area (Å²) < 4.78 is 15.7. The molecule has 0 spiro atoms. The maximum Gasteiger partial charge on any atom is 0.190 e. The Balaban J connectivity index is 1.84. The van der Waals surface area contributed by atoms with Gasteiger partial charge in [-0.05, 0) is 54.8 Å². The molecule has 1 saturated carbocycles. The molecule has 2 heterocycles. The number of hydrogen-bond donors (Lipinski definition) is 0. The normalized spacial score (nSPS) is 16.6. The lowest BCUT2D eigenvalue weighted by Crippen LogP contribution is -2.21. The Morgan fingerprint density at radius 1 is 1.04 bits per heavy atom. The molecule has 3 aromatic rings. The van der Waals surface area contributed by atoms with E-state index >= 15 is 0 Å². The van der Waals surface area contributed by atoms with Crippen molar-refractivity contribution in [2.45, 2.75) is 44.6 Å². The topological polar surface area (TPSA) is 30.2 Å². The van der Waals surface area contributed by atoms with Crippen molar-refractivity contribution in [1.29, 1.82) is 0 Å². The van der Waals surface area contributed by atoms with Gasteiger partial charge in [0, 0.05) is 17.6 Å². The fourth-order valence-corrected chi connectivity index (χ4v) is 4.62. The maximum absolute atomic E-state index is 13.4. The molecular formula is C21H22FN3S. The molecule has 1 aliphatic carbocycles. The maximum atomic E-state index is 13.4. The van der Waals surface area contributed by atoms with Gasteiger partial charge in [-0.3, -0.25) is 4.98 Å². The van der Waals surface area contributed by atoms with Crippen LogP contribution in [0.5, 0.6) is 0 Å². The van der Waals surface area contributed by atoms with E-state index in [0.29, 0.717) is 6.04 Å². The SMILES string of the molecule is Fc1ccc(-c2csc(=Nc3cccnc3)n2C2CCCCCC2)cc1. The van der Waals surface area contributed by atoms with E-state index in [1.807, 2.05) is 24.3 Å². The fourth-order valence-electron chi connectivity index (χ4n) is 3.63. The summed E-state index contributed by atoms with van der Waals surface area (Å²) in [5.41, 5.74) is 3.03. The minimum Gasteiger partial charge on any atom is -0.313 e. The van der Waals surface area contributed by atoms with Gasteiger partial charge in [0.1, 0.15) is 5.82 Å². The lowest BCUT2D eigenvalue weighted by molar-refractivity contribution is 0.439. The second-order valence-corrected chi connectivity index (χ2v) is 7.59. The van der Waals surface area contributed by atoms with Crippen LogP contribution in [-0.4, -0.2) is 9.55 Å². The number of nitrogens with zero attached hydrogens (tertiary/aromatic N) is 3. The van der Waals surface area contributed by atoms with Crippen molar-refractivity contribution in [3.8, 4) is 11.3 Å². The Labute approximate surface area is 156 Å². The van der Waals surface area contributed by atoms with E-state index < -0.39 is 0 Å². The van der Waals surface area contributed by atoms with Gasteiger partial charge < -0.3 is 4.57 Å². The van der Waals surface area contributed by atoms with E-state index in [4.69, 9.17) is 4.99 Å². The van der Waals surface area contributed by atoms with Crippen LogP contribution in [0.1, 0.15) is 44.6 Å². The zero-order valence-electron chi connectivity index (χ0n) is 14.6. The van der Waals surface area contributed by atoms with Crippen LogP contribution in [0.25, 0.3) is 11.3 Å². The van der Waals surface area contributed by atoms with Crippen molar-refractivity contribution in [2.24, 2.45) is 4.99 Å². The van der Waals surface area contributed by atoms with Crippen LogP contribution in [0.2, 0.25) is 0 Å². The first-order chi connectivity index (χ1) is 12.8. The summed E-state index contributed by atoms with van der Waals surface area (Å²) in [6, 6.07) is 11.1. The first-order valence-electron chi connectivity index (χ1n) is 9.22. The van der Waals surface area contributed by atoms with E-state index in [0.717, 1.165) is 21.7 Å². The van der Waals surface area contributed by atoms with Crippen LogP contribution in [0.4, 0.5) is 10.1 Å². The van der Waals surface area contributed by atoms with Gasteiger partial charge in [0.05, 0.1) is 17.6 Å². The number of benzene rings is 1. The van der Waals surface area contributed by atoms with Crippen LogP contribution in [0.15, 0.2) is 59.2 Å². The molecule has 0 unspecified atom stereocenters. The molecule has 1 aliphatic rings. The monoisotopic (exact) mass is 367 g/mol. The molecule has 0 bridgehead atoms. The van der Waals surface area contributed by atoms with Crippen molar-refractivity contribution < 1.29 is 4.39 Å². The van der Waals surface area contributed by atoms with Crippen molar-refractivity contribution in [1.82, 2.24) is 9.55 Å². The van der Waals surface area contributed by atoms with Crippen LogP contribution < -0.4 is 4.80 Å². The predicted molar refractivity (Wildman–Crippen MR) is 104 cm³/mol. The molecule has 26 heavy (non-hydrogen) atoms. The number of rotatable bonds is 3. The summed E-state index contributed by atoms with van der Waals surface area (Å²) in [6.45, 7) is 0. The predicted octanol–water partition coefficient (Wildman–Crippen LogP) is 5.88. The summed E-state index contributed by atoms with van der Waals surface area (Å²) in [5.74, 6) is -0.203. The van der Waals surface area contributed by atoms with Gasteiger partial charge in [-0.1, -0.05) is 25.7 Å². The quantitative estimate of drug-likeness (QED) is 0.532. The zero-order chi connectivity index (χ0) is 17.8. The van der Waals surface area contributed by atoms with Crippen LogP contribution in [0.3, 0.4) is 0 Å². The third-order valence-corrected chi connectivity index (χ3v) is 5.78. The minimum atomic E-state index is -0.203. The van der Waals surface area contributed by atoms with Gasteiger partial charge in [0.2, 0.25) is 0 Å². The van der Waals surface area contributed by atoms with Gasteiger partial charge in [-0.25, -0.2) is 9.38 Å². The van der Waals surface area contributed by atoms with Crippen LogP contribution >= 0.6 is 11.3 Å². The second-order valence-electron chi connectivity index (χ2n) is 6.75. The molecule has 0 atom stereocenters. The lowest BCUT2D eigenvalue weighted by Gasteiger charge is -2.20. The van der Waals surface area contributed by atoms with Crippen molar-refractivity contribution in [2.75, 3.05) is 0 Å². The highest BCUT2D eigenvalue weighted by atomic mass is 32.1. The highest BCUT2D eigenvalue weighted by molar-refractivity contribution is 7.07. The first-order valence-corrected chi connectivity index (χ1v) is 10.1. The largest absolute Gasteiger partial charge is 0.313 e. The molecule has 5 heteroatoms. The van der Waals surface area contributed by atoms with Gasteiger partial charge >= 0.3 is 0 Å². The summed E-state index contributed by atoms with van der Waals surface area (Å²) in [4.78, 5) is 10.0. The van der Waals surface area contributed by atoms with Gasteiger partial charge in [0.15, 0.2) is 4.80 Å². The van der Waals surface area contributed by atoms with Gasteiger partial charge in [-0.15, -0.1) is 11.3 Å². The zero-order valence-corrected chi connectivity index (χ0v) is 15.5. The molecule has 134 valence electrons. The van der Waals surface area contributed by atoms with E-state index in [-0.39, 0.29) is 5.82 Å². The number of aromatic nitrogens is 2. The van der Waals surface area contributed by atoms with E-state index in [2.05, 4.69) is 14.9 Å². The fraction of sp³-hybridized carbons (Fsp3) is 0.333. The minimum absolute atomic E-state index is 0.203. The second kappa shape index (κ2) is 7.96. The average Bonchev–Trinajstić information content (AvgIpc) is 2.89. The third kappa shape index (κ3) is 3.78. The van der Waals surface area contributed by atoms with Gasteiger partial charge in [-0.2, -0.15) is 0 Å². The number of halogens is 1. The Hall–Kier alpha value is -2.27.